The van der Waals surface area contributed by atoms with Gasteiger partial charge in [0.25, 0.3) is 11.5 Å². The second-order valence-electron chi connectivity index (χ2n) is 7.11. The van der Waals surface area contributed by atoms with Crippen LogP contribution in [0.3, 0.4) is 0 Å². The number of piperidine rings is 1. The van der Waals surface area contributed by atoms with E-state index in [0.29, 0.717) is 19.0 Å². The van der Waals surface area contributed by atoms with Gasteiger partial charge in [-0.25, -0.2) is 0 Å². The van der Waals surface area contributed by atoms with Gasteiger partial charge in [-0.05, 0) is 30.4 Å². The number of nitrogens with zero attached hydrogens (tertiary/aromatic N) is 3. The number of carbonyl (C=O) groups is 1. The predicted octanol–water partition coefficient (Wildman–Crippen LogP) is -0.212. The summed E-state index contributed by atoms with van der Waals surface area (Å²) in [5.41, 5.74) is -0.0722. The number of aliphatic hydroxyl groups excluding tert-OH is 1. The molecule has 0 radical (unpaired) electrons. The number of morpholine rings is 1. The van der Waals surface area contributed by atoms with Gasteiger partial charge in [-0.3, -0.25) is 14.5 Å². The Bertz CT molecular complexity index is 654. The molecule has 138 valence electrons. The van der Waals surface area contributed by atoms with E-state index in [9.17, 15) is 14.7 Å². The number of likely N-dealkylation sites (tertiary alicyclic amines) is 1. The summed E-state index contributed by atoms with van der Waals surface area (Å²) in [6.45, 7) is 5.42. The number of carbonyl (C=O) groups excluding carboxylic acids is 1. The molecule has 3 heterocycles. The van der Waals surface area contributed by atoms with Crippen LogP contribution in [0.5, 0.6) is 0 Å². The highest BCUT2D eigenvalue weighted by atomic mass is 16.5. The van der Waals surface area contributed by atoms with Gasteiger partial charge in [0.15, 0.2) is 0 Å². The Hall–Kier alpha value is -1.70. The molecule has 1 amide bonds. The van der Waals surface area contributed by atoms with E-state index in [-0.39, 0.29) is 29.6 Å². The highest BCUT2D eigenvalue weighted by Crippen LogP contribution is 2.24. The number of amides is 1. The smallest absolute Gasteiger partial charge is 0.263 e. The molecule has 2 aliphatic heterocycles. The first-order valence-electron chi connectivity index (χ1n) is 8.94. The first-order chi connectivity index (χ1) is 12.1. The van der Waals surface area contributed by atoms with E-state index in [1.807, 2.05) is 0 Å². The minimum Gasteiger partial charge on any atom is -0.396 e. The average molecular weight is 349 g/mol. The lowest BCUT2D eigenvalue weighted by molar-refractivity contribution is 0.0129. The van der Waals surface area contributed by atoms with Crippen LogP contribution in [0.2, 0.25) is 0 Å². The first kappa shape index (κ1) is 18.1. The number of aryl methyl sites for hydroxylation is 1. The zero-order chi connectivity index (χ0) is 17.8. The second-order valence-corrected chi connectivity index (χ2v) is 7.11. The minimum absolute atomic E-state index is 0.0657. The Morgan fingerprint density at radius 1 is 1.28 bits per heavy atom. The fraction of sp³-hybridized carbons (Fsp3) is 0.667. The van der Waals surface area contributed by atoms with E-state index in [4.69, 9.17) is 4.74 Å². The van der Waals surface area contributed by atoms with Crippen LogP contribution in [0.15, 0.2) is 23.1 Å². The van der Waals surface area contributed by atoms with Gasteiger partial charge >= 0.3 is 0 Å². The van der Waals surface area contributed by atoms with Crippen LogP contribution in [0, 0.1) is 11.8 Å². The van der Waals surface area contributed by atoms with Crippen molar-refractivity contribution in [1.29, 1.82) is 0 Å². The summed E-state index contributed by atoms with van der Waals surface area (Å²) < 4.78 is 6.81. The molecule has 2 fully saturated rings. The first-order valence-corrected chi connectivity index (χ1v) is 8.94. The van der Waals surface area contributed by atoms with Gasteiger partial charge in [0.05, 0.1) is 13.2 Å². The molecule has 2 saturated heterocycles. The van der Waals surface area contributed by atoms with Gasteiger partial charge in [0.1, 0.15) is 5.56 Å². The number of rotatable bonds is 4. The standard InChI is InChI=1S/C18H27N3O4/c1-19-4-2-3-16(17(19)23)18(24)21-11-14(9-15(12-21)13-22)10-20-5-7-25-8-6-20/h2-4,14-15,22H,5-13H2,1H3/t14-,15+/m1/s1. The van der Waals surface area contributed by atoms with Crippen LogP contribution in [0.25, 0.3) is 0 Å². The van der Waals surface area contributed by atoms with Crippen LogP contribution in [0.1, 0.15) is 16.8 Å². The Balaban J connectivity index is 1.72. The molecule has 1 N–H and O–H groups in total. The van der Waals surface area contributed by atoms with Crippen molar-refractivity contribution in [1.82, 2.24) is 14.4 Å². The Labute approximate surface area is 147 Å². The third-order valence-corrected chi connectivity index (χ3v) is 5.14. The maximum absolute atomic E-state index is 12.9. The molecule has 0 unspecified atom stereocenters. The molecular formula is C18H27N3O4. The third-order valence-electron chi connectivity index (χ3n) is 5.14. The van der Waals surface area contributed by atoms with Gasteiger partial charge < -0.3 is 19.3 Å². The number of aromatic nitrogens is 1. The molecule has 7 heteroatoms. The maximum Gasteiger partial charge on any atom is 0.263 e. The van der Waals surface area contributed by atoms with Crippen LogP contribution in [0.4, 0.5) is 0 Å². The molecule has 0 spiro atoms. The van der Waals surface area contributed by atoms with Crippen molar-refractivity contribution >= 4 is 5.91 Å². The number of hydrogen-bond donors (Lipinski definition) is 1. The summed E-state index contributed by atoms with van der Waals surface area (Å²) >= 11 is 0. The third kappa shape index (κ3) is 4.29. The van der Waals surface area contributed by atoms with Gasteiger partial charge in [0, 0.05) is 52.6 Å². The van der Waals surface area contributed by atoms with Crippen molar-refractivity contribution in [3.8, 4) is 0 Å². The van der Waals surface area contributed by atoms with Crippen molar-refractivity contribution in [3.05, 3.63) is 34.2 Å². The van der Waals surface area contributed by atoms with E-state index in [2.05, 4.69) is 4.90 Å². The van der Waals surface area contributed by atoms with Crippen LogP contribution < -0.4 is 5.56 Å². The van der Waals surface area contributed by atoms with Gasteiger partial charge in [-0.1, -0.05) is 0 Å². The lowest BCUT2D eigenvalue weighted by Crippen LogP contribution is -2.50. The number of pyridine rings is 1. The summed E-state index contributed by atoms with van der Waals surface area (Å²) in [7, 11) is 1.65. The number of aliphatic hydroxyl groups is 1. The molecule has 1 aromatic rings. The van der Waals surface area contributed by atoms with Crippen molar-refractivity contribution < 1.29 is 14.6 Å². The predicted molar refractivity (Wildman–Crippen MR) is 93.5 cm³/mol. The lowest BCUT2D eigenvalue weighted by atomic mass is 9.88. The van der Waals surface area contributed by atoms with E-state index < -0.39 is 0 Å². The van der Waals surface area contributed by atoms with Gasteiger partial charge in [-0.15, -0.1) is 0 Å². The monoisotopic (exact) mass is 349 g/mol. The number of hydrogen-bond acceptors (Lipinski definition) is 5. The summed E-state index contributed by atoms with van der Waals surface area (Å²) in [5.74, 6) is 0.142. The Morgan fingerprint density at radius 2 is 2.00 bits per heavy atom. The van der Waals surface area contributed by atoms with Crippen LogP contribution >= 0.6 is 0 Å². The normalized spacial score (nSPS) is 25.1. The second kappa shape index (κ2) is 8.12. The van der Waals surface area contributed by atoms with Crippen LogP contribution in [-0.2, 0) is 11.8 Å². The summed E-state index contributed by atoms with van der Waals surface area (Å²) in [6, 6.07) is 3.30. The van der Waals surface area contributed by atoms with E-state index in [1.54, 1.807) is 30.3 Å². The quantitative estimate of drug-likeness (QED) is 0.814. The zero-order valence-electron chi connectivity index (χ0n) is 14.8. The molecule has 2 aliphatic rings. The van der Waals surface area contributed by atoms with Crippen molar-refractivity contribution in [2.24, 2.45) is 18.9 Å². The maximum atomic E-state index is 12.9. The van der Waals surface area contributed by atoms with Crippen molar-refractivity contribution in [3.63, 3.8) is 0 Å². The molecular weight excluding hydrogens is 322 g/mol. The summed E-state index contributed by atoms with van der Waals surface area (Å²) in [6.07, 6.45) is 2.55. The topological polar surface area (TPSA) is 75.0 Å². The van der Waals surface area contributed by atoms with E-state index in [1.165, 1.54) is 4.57 Å². The van der Waals surface area contributed by atoms with Crippen LogP contribution in [-0.4, -0.2) is 77.9 Å². The highest BCUT2D eigenvalue weighted by Gasteiger charge is 2.32. The summed E-state index contributed by atoms with van der Waals surface area (Å²) in [5, 5.41) is 9.65. The Kier molecular flexibility index (Phi) is 5.88. The van der Waals surface area contributed by atoms with E-state index >= 15 is 0 Å². The fourth-order valence-corrected chi connectivity index (χ4v) is 3.83. The zero-order valence-corrected chi connectivity index (χ0v) is 14.8. The highest BCUT2D eigenvalue weighted by molar-refractivity contribution is 5.93. The molecule has 7 nitrogen and oxygen atoms in total. The number of ether oxygens (including phenoxy) is 1. The SMILES string of the molecule is Cn1cccc(C(=O)N2C[C@@H](CN3CCOCC3)C[C@H](CO)C2)c1=O. The minimum atomic E-state index is -0.275. The van der Waals surface area contributed by atoms with Gasteiger partial charge in [0.2, 0.25) is 0 Å². The van der Waals surface area contributed by atoms with Gasteiger partial charge in [-0.2, -0.15) is 0 Å². The molecule has 2 atom stereocenters. The largest absolute Gasteiger partial charge is 0.396 e. The molecule has 0 saturated carbocycles. The lowest BCUT2D eigenvalue weighted by Gasteiger charge is -2.40. The molecule has 0 aliphatic carbocycles. The molecule has 0 bridgehead atoms. The van der Waals surface area contributed by atoms with Crippen molar-refractivity contribution in [2.75, 3.05) is 52.5 Å². The fourth-order valence-electron chi connectivity index (χ4n) is 3.83. The molecule has 3 rings (SSSR count). The molecule has 25 heavy (non-hydrogen) atoms. The van der Waals surface area contributed by atoms with Crippen molar-refractivity contribution in [2.45, 2.75) is 6.42 Å². The van der Waals surface area contributed by atoms with E-state index in [0.717, 1.165) is 39.3 Å². The molecule has 0 aromatic carbocycles. The average Bonchev–Trinajstić information content (AvgIpc) is 2.64. The molecule has 1 aromatic heterocycles. The summed E-state index contributed by atoms with van der Waals surface area (Å²) in [4.78, 5) is 29.2. The Morgan fingerprint density at radius 3 is 2.72 bits per heavy atom.